The van der Waals surface area contributed by atoms with Crippen molar-refractivity contribution in [3.8, 4) is 16.9 Å². The Kier molecular flexibility index (Phi) is 4.72. The minimum atomic E-state index is -0.455. The summed E-state index contributed by atoms with van der Waals surface area (Å²) >= 11 is 0. The van der Waals surface area contributed by atoms with Crippen LogP contribution in [-0.4, -0.2) is 52.3 Å². The highest BCUT2D eigenvalue weighted by atomic mass is 16.5. The highest BCUT2D eigenvalue weighted by Crippen LogP contribution is 2.52. The number of nitrogens with zero attached hydrogens (tertiary/aromatic N) is 3. The van der Waals surface area contributed by atoms with E-state index >= 15 is 0 Å². The average molecular weight is 389 g/mol. The summed E-state index contributed by atoms with van der Waals surface area (Å²) in [5.74, 6) is 1.57. The van der Waals surface area contributed by atoms with Crippen LogP contribution in [0.1, 0.15) is 25.1 Å². The fraction of sp³-hybridized carbons (Fsp3) is 0.417. The number of likely N-dealkylation sites (tertiary alicyclic amines) is 1. The van der Waals surface area contributed by atoms with Crippen LogP contribution in [0.5, 0.6) is 5.75 Å². The molecule has 0 bridgehead atoms. The second kappa shape index (κ2) is 7.39. The largest absolute Gasteiger partial charge is 0.491 e. The van der Waals surface area contributed by atoms with E-state index in [0.29, 0.717) is 18.6 Å². The van der Waals surface area contributed by atoms with E-state index in [1.165, 1.54) is 19.3 Å². The van der Waals surface area contributed by atoms with E-state index in [0.717, 1.165) is 46.6 Å². The molecule has 1 aliphatic heterocycles. The molecule has 1 aliphatic carbocycles. The molecule has 5 rings (SSSR count). The van der Waals surface area contributed by atoms with Crippen LogP contribution in [0.3, 0.4) is 0 Å². The van der Waals surface area contributed by atoms with Gasteiger partial charge in [0.1, 0.15) is 24.3 Å². The minimum absolute atomic E-state index is 0.327. The Balaban J connectivity index is 1.21. The molecule has 1 saturated heterocycles. The molecule has 2 fully saturated rings. The molecule has 1 unspecified atom stereocenters. The highest BCUT2D eigenvalue weighted by molar-refractivity contribution is 5.88. The summed E-state index contributed by atoms with van der Waals surface area (Å²) in [7, 11) is 0. The third-order valence-corrected chi connectivity index (χ3v) is 6.31. The third-order valence-electron chi connectivity index (χ3n) is 6.31. The molecule has 2 heterocycles. The lowest BCUT2D eigenvalue weighted by Gasteiger charge is -2.20. The third kappa shape index (κ3) is 4.11. The van der Waals surface area contributed by atoms with Crippen molar-refractivity contribution >= 4 is 10.8 Å². The number of aliphatic hydroxyl groups excluding tert-OH is 1. The predicted molar refractivity (Wildman–Crippen MR) is 114 cm³/mol. The standard InChI is InChI=1S/C24H27N3O2/c1-17-25-12-21(13-26-17)19-2-3-20-11-23(5-4-18(20)10-19)29-15-22(28)14-27-9-8-24(16-27)6-7-24/h2-5,10-13,22,28H,6-9,14-16H2,1H3. The van der Waals surface area contributed by atoms with Crippen molar-refractivity contribution in [1.82, 2.24) is 14.9 Å². The number of aryl methyl sites for hydroxylation is 1. The highest BCUT2D eigenvalue weighted by Gasteiger charge is 2.47. The van der Waals surface area contributed by atoms with E-state index in [1.807, 2.05) is 31.5 Å². The molecule has 2 aromatic carbocycles. The number of aromatic nitrogens is 2. The topological polar surface area (TPSA) is 58.5 Å². The molecule has 1 aromatic heterocycles. The van der Waals surface area contributed by atoms with Crippen LogP contribution < -0.4 is 4.74 Å². The first-order chi connectivity index (χ1) is 14.1. The van der Waals surface area contributed by atoms with Crippen molar-refractivity contribution in [2.75, 3.05) is 26.2 Å². The van der Waals surface area contributed by atoms with Gasteiger partial charge in [-0.1, -0.05) is 18.2 Å². The normalized spacial score (nSPS) is 19.0. The molecule has 5 nitrogen and oxygen atoms in total. The number of aliphatic hydroxyl groups is 1. The minimum Gasteiger partial charge on any atom is -0.491 e. The van der Waals surface area contributed by atoms with Gasteiger partial charge in [-0.3, -0.25) is 0 Å². The Hall–Kier alpha value is -2.50. The molecule has 1 spiro atoms. The summed E-state index contributed by atoms with van der Waals surface area (Å²) in [6.45, 7) is 5.18. The van der Waals surface area contributed by atoms with Crippen molar-refractivity contribution in [2.24, 2.45) is 5.41 Å². The Bertz CT molecular complexity index is 1010. The lowest BCUT2D eigenvalue weighted by atomic mass is 10.0. The maximum Gasteiger partial charge on any atom is 0.125 e. The number of benzene rings is 2. The average Bonchev–Trinajstić information content (AvgIpc) is 3.38. The Morgan fingerprint density at radius 2 is 1.79 bits per heavy atom. The summed E-state index contributed by atoms with van der Waals surface area (Å²) in [4.78, 5) is 10.9. The lowest BCUT2D eigenvalue weighted by molar-refractivity contribution is 0.0744. The lowest BCUT2D eigenvalue weighted by Crippen LogP contribution is -2.34. The number of fused-ring (bicyclic) bond motifs is 1. The maximum atomic E-state index is 10.4. The van der Waals surface area contributed by atoms with Crippen molar-refractivity contribution < 1.29 is 9.84 Å². The van der Waals surface area contributed by atoms with Gasteiger partial charge in [-0.25, -0.2) is 9.97 Å². The fourth-order valence-corrected chi connectivity index (χ4v) is 4.35. The molecule has 0 amide bonds. The van der Waals surface area contributed by atoms with E-state index in [4.69, 9.17) is 4.74 Å². The molecule has 0 radical (unpaired) electrons. The number of hydrogen-bond donors (Lipinski definition) is 1. The van der Waals surface area contributed by atoms with E-state index in [9.17, 15) is 5.11 Å². The first kappa shape index (κ1) is 18.5. The van der Waals surface area contributed by atoms with Crippen molar-refractivity contribution in [3.05, 3.63) is 54.6 Å². The zero-order valence-corrected chi connectivity index (χ0v) is 16.8. The van der Waals surface area contributed by atoms with Gasteiger partial charge in [0.05, 0.1) is 0 Å². The van der Waals surface area contributed by atoms with Crippen molar-refractivity contribution in [1.29, 1.82) is 0 Å². The van der Waals surface area contributed by atoms with Crippen LogP contribution >= 0.6 is 0 Å². The molecule has 2 aliphatic rings. The van der Waals surface area contributed by atoms with Gasteiger partial charge < -0.3 is 14.7 Å². The molecule has 5 heteroatoms. The van der Waals surface area contributed by atoms with Gasteiger partial charge in [0.15, 0.2) is 0 Å². The summed E-state index contributed by atoms with van der Waals surface area (Å²) in [6, 6.07) is 12.4. The van der Waals surface area contributed by atoms with Gasteiger partial charge >= 0.3 is 0 Å². The zero-order chi connectivity index (χ0) is 19.8. The van der Waals surface area contributed by atoms with Gasteiger partial charge in [0.2, 0.25) is 0 Å². The number of hydrogen-bond acceptors (Lipinski definition) is 5. The van der Waals surface area contributed by atoms with Crippen LogP contribution in [0.2, 0.25) is 0 Å². The van der Waals surface area contributed by atoms with E-state index in [2.05, 4.69) is 39.1 Å². The van der Waals surface area contributed by atoms with Crippen LogP contribution in [0.15, 0.2) is 48.8 Å². The molecule has 1 N–H and O–H groups in total. The second-order valence-corrected chi connectivity index (χ2v) is 8.69. The fourth-order valence-electron chi connectivity index (χ4n) is 4.35. The number of ether oxygens (including phenoxy) is 1. The van der Waals surface area contributed by atoms with Gasteiger partial charge in [-0.05, 0) is 72.7 Å². The summed E-state index contributed by atoms with van der Waals surface area (Å²) in [6.07, 6.45) is 7.28. The first-order valence-corrected chi connectivity index (χ1v) is 10.4. The van der Waals surface area contributed by atoms with Crippen molar-refractivity contribution in [3.63, 3.8) is 0 Å². The molecule has 1 atom stereocenters. The number of rotatable bonds is 6. The first-order valence-electron chi connectivity index (χ1n) is 10.4. The van der Waals surface area contributed by atoms with E-state index in [1.54, 1.807) is 0 Å². The summed E-state index contributed by atoms with van der Waals surface area (Å²) < 4.78 is 5.89. The van der Waals surface area contributed by atoms with Crippen LogP contribution in [-0.2, 0) is 0 Å². The van der Waals surface area contributed by atoms with Gasteiger partial charge in [0, 0.05) is 31.0 Å². The molecule has 150 valence electrons. The predicted octanol–water partition coefficient (Wildman–Crippen LogP) is 3.83. The van der Waals surface area contributed by atoms with Gasteiger partial charge in [-0.2, -0.15) is 0 Å². The Morgan fingerprint density at radius 1 is 1.03 bits per heavy atom. The van der Waals surface area contributed by atoms with E-state index in [-0.39, 0.29) is 0 Å². The second-order valence-electron chi connectivity index (χ2n) is 8.69. The monoisotopic (exact) mass is 389 g/mol. The Labute approximate surface area is 171 Å². The molecular weight excluding hydrogens is 362 g/mol. The SMILES string of the molecule is Cc1ncc(-c2ccc3cc(OCC(O)CN4CCC5(CC5)C4)ccc3c2)cn1. The quantitative estimate of drug-likeness (QED) is 0.694. The summed E-state index contributed by atoms with van der Waals surface area (Å²) in [5, 5.41) is 12.6. The maximum absolute atomic E-state index is 10.4. The molecule has 3 aromatic rings. The van der Waals surface area contributed by atoms with Crippen LogP contribution in [0.25, 0.3) is 21.9 Å². The molecule has 1 saturated carbocycles. The summed E-state index contributed by atoms with van der Waals surface area (Å²) in [5.41, 5.74) is 2.71. The Morgan fingerprint density at radius 3 is 2.55 bits per heavy atom. The number of β-amino-alcohol motifs (C(OH)–C–C–N with tert-alkyl or cyclic N) is 1. The smallest absolute Gasteiger partial charge is 0.125 e. The molecular formula is C24H27N3O2. The van der Waals surface area contributed by atoms with Crippen molar-refractivity contribution in [2.45, 2.75) is 32.3 Å². The van der Waals surface area contributed by atoms with Crippen LogP contribution in [0, 0.1) is 12.3 Å². The zero-order valence-electron chi connectivity index (χ0n) is 16.8. The van der Waals surface area contributed by atoms with Gasteiger partial charge in [-0.15, -0.1) is 0 Å². The van der Waals surface area contributed by atoms with E-state index < -0.39 is 6.10 Å². The van der Waals surface area contributed by atoms with Gasteiger partial charge in [0.25, 0.3) is 0 Å². The molecule has 29 heavy (non-hydrogen) atoms. The van der Waals surface area contributed by atoms with Crippen LogP contribution in [0.4, 0.5) is 0 Å².